The maximum absolute atomic E-state index is 13.0. The van der Waals surface area contributed by atoms with Crippen LogP contribution in [0.4, 0.5) is 0 Å². The molecule has 27 heavy (non-hydrogen) atoms. The van der Waals surface area contributed by atoms with Crippen LogP contribution in [0.2, 0.25) is 0 Å². The lowest BCUT2D eigenvalue weighted by molar-refractivity contribution is -0.140. The van der Waals surface area contributed by atoms with E-state index in [9.17, 15) is 9.59 Å². The number of benzene rings is 2. The number of hydrogen-bond donors (Lipinski definition) is 1. The molecule has 1 N–H and O–H groups in total. The Morgan fingerprint density at radius 1 is 0.926 bits per heavy atom. The Morgan fingerprint density at radius 2 is 1.48 bits per heavy atom. The highest BCUT2D eigenvalue weighted by Crippen LogP contribution is 2.13. The van der Waals surface area contributed by atoms with Gasteiger partial charge in [0.1, 0.15) is 6.04 Å². The van der Waals surface area contributed by atoms with Crippen LogP contribution in [-0.2, 0) is 22.6 Å². The largest absolute Gasteiger partial charge is 0.352 e. The van der Waals surface area contributed by atoms with Crippen LogP contribution in [0.5, 0.6) is 0 Å². The third-order valence-electron chi connectivity index (χ3n) is 4.83. The van der Waals surface area contributed by atoms with Crippen molar-refractivity contribution >= 4 is 11.8 Å². The van der Waals surface area contributed by atoms with E-state index in [1.807, 2.05) is 74.5 Å². The number of carbonyl (C=O) groups is 2. The fourth-order valence-electron chi connectivity index (χ4n) is 2.87. The summed E-state index contributed by atoms with van der Waals surface area (Å²) >= 11 is 0. The Balaban J connectivity index is 2.10. The molecule has 0 heterocycles. The van der Waals surface area contributed by atoms with E-state index in [-0.39, 0.29) is 17.9 Å². The standard InChI is InChI=1S/C23H30N2O2/c1-4-18(2)24-23(27)19(3)25(17-21-13-9-6-10-14-21)22(26)16-15-20-11-7-5-8-12-20/h5-14,18-19H,4,15-17H2,1-3H3,(H,24,27)/t18-,19-/m1/s1. The summed E-state index contributed by atoms with van der Waals surface area (Å²) in [7, 11) is 0. The monoisotopic (exact) mass is 366 g/mol. The van der Waals surface area contributed by atoms with Gasteiger partial charge in [0.2, 0.25) is 11.8 Å². The molecule has 144 valence electrons. The van der Waals surface area contributed by atoms with Crippen LogP contribution >= 0.6 is 0 Å². The van der Waals surface area contributed by atoms with Crippen molar-refractivity contribution in [3.8, 4) is 0 Å². The minimum absolute atomic E-state index is 0.00509. The molecule has 4 nitrogen and oxygen atoms in total. The zero-order chi connectivity index (χ0) is 19.6. The van der Waals surface area contributed by atoms with Crippen LogP contribution in [0, 0.1) is 0 Å². The molecule has 0 saturated heterocycles. The van der Waals surface area contributed by atoms with Gasteiger partial charge in [0, 0.05) is 19.0 Å². The summed E-state index contributed by atoms with van der Waals surface area (Å²) < 4.78 is 0. The average molecular weight is 367 g/mol. The van der Waals surface area contributed by atoms with Crippen LogP contribution in [0.1, 0.15) is 44.7 Å². The summed E-state index contributed by atoms with van der Waals surface area (Å²) in [4.78, 5) is 27.3. The summed E-state index contributed by atoms with van der Waals surface area (Å²) in [5, 5.41) is 2.99. The fraction of sp³-hybridized carbons (Fsp3) is 0.391. The highest BCUT2D eigenvalue weighted by atomic mass is 16.2. The zero-order valence-electron chi connectivity index (χ0n) is 16.5. The van der Waals surface area contributed by atoms with Gasteiger partial charge in [-0.2, -0.15) is 0 Å². The predicted octanol–water partition coefficient (Wildman–Crippen LogP) is 3.95. The van der Waals surface area contributed by atoms with Crippen molar-refractivity contribution in [3.63, 3.8) is 0 Å². The van der Waals surface area contributed by atoms with Gasteiger partial charge in [-0.25, -0.2) is 0 Å². The molecule has 2 amide bonds. The lowest BCUT2D eigenvalue weighted by atomic mass is 10.1. The van der Waals surface area contributed by atoms with E-state index >= 15 is 0 Å². The fourth-order valence-corrected chi connectivity index (χ4v) is 2.87. The number of carbonyl (C=O) groups excluding carboxylic acids is 2. The van der Waals surface area contributed by atoms with Gasteiger partial charge in [0.15, 0.2) is 0 Å². The highest BCUT2D eigenvalue weighted by molar-refractivity contribution is 5.87. The van der Waals surface area contributed by atoms with Crippen LogP contribution < -0.4 is 5.32 Å². The van der Waals surface area contributed by atoms with E-state index in [4.69, 9.17) is 0 Å². The third kappa shape index (κ3) is 6.55. The lowest BCUT2D eigenvalue weighted by Crippen LogP contribution is -2.49. The van der Waals surface area contributed by atoms with Crippen LogP contribution in [-0.4, -0.2) is 28.8 Å². The molecule has 2 atom stereocenters. The van der Waals surface area contributed by atoms with Gasteiger partial charge in [-0.05, 0) is 37.8 Å². The first kappa shape index (κ1) is 20.7. The van der Waals surface area contributed by atoms with Gasteiger partial charge in [-0.1, -0.05) is 67.6 Å². The van der Waals surface area contributed by atoms with Crippen molar-refractivity contribution in [1.82, 2.24) is 10.2 Å². The second-order valence-corrected chi connectivity index (χ2v) is 6.99. The zero-order valence-corrected chi connectivity index (χ0v) is 16.5. The molecule has 0 spiro atoms. The van der Waals surface area contributed by atoms with Gasteiger partial charge in [0.25, 0.3) is 0 Å². The second kappa shape index (κ2) is 10.5. The van der Waals surface area contributed by atoms with Crippen molar-refractivity contribution < 1.29 is 9.59 Å². The number of nitrogens with zero attached hydrogens (tertiary/aromatic N) is 1. The number of amides is 2. The Bertz CT molecular complexity index is 716. The van der Waals surface area contributed by atoms with E-state index in [2.05, 4.69) is 5.32 Å². The number of rotatable bonds is 9. The van der Waals surface area contributed by atoms with Crippen molar-refractivity contribution in [1.29, 1.82) is 0 Å². The maximum Gasteiger partial charge on any atom is 0.242 e. The molecule has 0 radical (unpaired) electrons. The first-order valence-electron chi connectivity index (χ1n) is 9.69. The van der Waals surface area contributed by atoms with Gasteiger partial charge < -0.3 is 10.2 Å². The van der Waals surface area contributed by atoms with Gasteiger partial charge in [0.05, 0.1) is 0 Å². The second-order valence-electron chi connectivity index (χ2n) is 6.99. The van der Waals surface area contributed by atoms with E-state index < -0.39 is 6.04 Å². The number of nitrogens with one attached hydrogen (secondary N) is 1. The molecular weight excluding hydrogens is 336 g/mol. The van der Waals surface area contributed by atoms with Crippen molar-refractivity contribution in [2.24, 2.45) is 0 Å². The number of aryl methyl sites for hydroxylation is 1. The Morgan fingerprint density at radius 3 is 2.04 bits per heavy atom. The van der Waals surface area contributed by atoms with E-state index in [0.717, 1.165) is 17.5 Å². The maximum atomic E-state index is 13.0. The van der Waals surface area contributed by atoms with Crippen LogP contribution in [0.25, 0.3) is 0 Å². The molecule has 4 heteroatoms. The molecule has 0 bridgehead atoms. The summed E-state index contributed by atoms with van der Waals surface area (Å²) in [5.74, 6) is -0.108. The van der Waals surface area contributed by atoms with Crippen molar-refractivity contribution in [2.75, 3.05) is 0 Å². The normalized spacial score (nSPS) is 12.9. The SMILES string of the molecule is CC[C@@H](C)NC(=O)[C@@H](C)N(Cc1ccccc1)C(=O)CCc1ccccc1. The summed E-state index contributed by atoms with van der Waals surface area (Å²) in [6, 6.07) is 19.4. The molecule has 0 aliphatic rings. The Labute approximate surface area is 162 Å². The number of hydrogen-bond acceptors (Lipinski definition) is 2. The van der Waals surface area contributed by atoms with Gasteiger partial charge in [-0.15, -0.1) is 0 Å². The van der Waals surface area contributed by atoms with Crippen LogP contribution in [0.15, 0.2) is 60.7 Å². The molecule has 0 fully saturated rings. The summed E-state index contributed by atoms with van der Waals surface area (Å²) in [6.07, 6.45) is 1.92. The minimum atomic E-state index is -0.512. The first-order chi connectivity index (χ1) is 13.0. The summed E-state index contributed by atoms with van der Waals surface area (Å²) in [5.41, 5.74) is 2.15. The molecule has 0 saturated carbocycles. The summed E-state index contributed by atoms with van der Waals surface area (Å²) in [6.45, 7) is 6.25. The van der Waals surface area contributed by atoms with Gasteiger partial charge >= 0.3 is 0 Å². The Kier molecular flexibility index (Phi) is 8.05. The van der Waals surface area contributed by atoms with Crippen molar-refractivity contribution in [3.05, 3.63) is 71.8 Å². The quantitative estimate of drug-likeness (QED) is 0.730. The smallest absolute Gasteiger partial charge is 0.242 e. The predicted molar refractivity (Wildman–Crippen MR) is 109 cm³/mol. The van der Waals surface area contributed by atoms with E-state index in [1.54, 1.807) is 11.8 Å². The molecule has 0 aliphatic carbocycles. The minimum Gasteiger partial charge on any atom is -0.352 e. The van der Waals surface area contributed by atoms with Crippen LogP contribution in [0.3, 0.4) is 0 Å². The van der Waals surface area contributed by atoms with Crippen molar-refractivity contribution in [2.45, 2.75) is 58.7 Å². The first-order valence-corrected chi connectivity index (χ1v) is 9.69. The van der Waals surface area contributed by atoms with E-state index in [1.165, 1.54) is 0 Å². The highest BCUT2D eigenvalue weighted by Gasteiger charge is 2.26. The molecule has 2 aromatic carbocycles. The molecular formula is C23H30N2O2. The molecule has 0 aromatic heterocycles. The van der Waals surface area contributed by atoms with Gasteiger partial charge in [-0.3, -0.25) is 9.59 Å². The van der Waals surface area contributed by atoms with E-state index in [0.29, 0.717) is 19.4 Å². The lowest BCUT2D eigenvalue weighted by Gasteiger charge is -2.29. The topological polar surface area (TPSA) is 49.4 Å². The molecule has 0 aliphatic heterocycles. The molecule has 2 aromatic rings. The molecule has 2 rings (SSSR count). The third-order valence-corrected chi connectivity index (χ3v) is 4.83. The Hall–Kier alpha value is -2.62. The molecule has 0 unspecified atom stereocenters. The average Bonchev–Trinajstić information content (AvgIpc) is 2.71.